The van der Waals surface area contributed by atoms with Gasteiger partial charge < -0.3 is 15.2 Å². The van der Waals surface area contributed by atoms with Crippen LogP contribution in [0, 0.1) is 0 Å². The van der Waals surface area contributed by atoms with E-state index in [0.29, 0.717) is 12.3 Å². The van der Waals surface area contributed by atoms with E-state index in [1.54, 1.807) is 24.9 Å². The lowest BCUT2D eigenvalue weighted by molar-refractivity contribution is 0.305. The zero-order chi connectivity index (χ0) is 13.7. The third kappa shape index (κ3) is 3.83. The summed E-state index contributed by atoms with van der Waals surface area (Å²) in [5.74, 6) is 1.59. The molecule has 0 aliphatic rings. The van der Waals surface area contributed by atoms with E-state index in [1.165, 1.54) is 4.90 Å². The van der Waals surface area contributed by atoms with Crippen LogP contribution < -0.4 is 15.2 Å². The van der Waals surface area contributed by atoms with Crippen molar-refractivity contribution in [3.8, 4) is 11.5 Å². The Labute approximate surface area is 117 Å². The highest BCUT2D eigenvalue weighted by Crippen LogP contribution is 2.22. The van der Waals surface area contributed by atoms with E-state index in [9.17, 15) is 0 Å². The molecule has 0 fully saturated rings. The molecule has 2 rings (SSSR count). The van der Waals surface area contributed by atoms with Gasteiger partial charge in [-0.05, 0) is 48.2 Å². The molecule has 0 aliphatic heterocycles. The Balaban J connectivity index is 2.03. The molecule has 0 spiro atoms. The van der Waals surface area contributed by atoms with E-state index >= 15 is 0 Å². The topological polar surface area (TPSA) is 44.5 Å². The van der Waals surface area contributed by atoms with Crippen LogP contribution in [0.15, 0.2) is 47.4 Å². The number of anilines is 1. The number of methoxy groups -OCH3 is 1. The standard InChI is InChI=1S/C15H17NO2S/c1-17-14-8-11(7-12(16)9-14)10-18-13-3-5-15(19-2)6-4-13/h3-9H,10,16H2,1-2H3. The predicted molar refractivity (Wildman–Crippen MR) is 80.0 cm³/mol. The van der Waals surface area contributed by atoms with Gasteiger partial charge in [0, 0.05) is 16.6 Å². The molecule has 0 unspecified atom stereocenters. The number of thioether (sulfide) groups is 1. The van der Waals surface area contributed by atoms with Crippen molar-refractivity contribution in [2.45, 2.75) is 11.5 Å². The Morgan fingerprint density at radius 2 is 1.79 bits per heavy atom. The van der Waals surface area contributed by atoms with Crippen LogP contribution in [-0.4, -0.2) is 13.4 Å². The maximum atomic E-state index is 5.80. The molecule has 2 aromatic carbocycles. The van der Waals surface area contributed by atoms with Crippen LogP contribution in [-0.2, 0) is 6.61 Å². The summed E-state index contributed by atoms with van der Waals surface area (Å²) >= 11 is 1.71. The van der Waals surface area contributed by atoms with Gasteiger partial charge in [-0.2, -0.15) is 0 Å². The first-order chi connectivity index (χ1) is 9.21. The summed E-state index contributed by atoms with van der Waals surface area (Å²) in [5, 5.41) is 0. The largest absolute Gasteiger partial charge is 0.497 e. The lowest BCUT2D eigenvalue weighted by atomic mass is 10.2. The molecule has 0 aromatic heterocycles. The SMILES string of the molecule is COc1cc(N)cc(COc2ccc(SC)cc2)c1. The highest BCUT2D eigenvalue weighted by Gasteiger charge is 2.01. The number of hydrogen-bond donors (Lipinski definition) is 1. The Bertz CT molecular complexity index is 540. The first-order valence-electron chi connectivity index (χ1n) is 5.91. The molecular formula is C15H17NO2S. The van der Waals surface area contributed by atoms with Gasteiger partial charge in [0.25, 0.3) is 0 Å². The first kappa shape index (κ1) is 13.6. The van der Waals surface area contributed by atoms with E-state index < -0.39 is 0 Å². The van der Waals surface area contributed by atoms with Crippen molar-refractivity contribution in [1.29, 1.82) is 0 Å². The molecule has 0 saturated carbocycles. The lowest BCUT2D eigenvalue weighted by Gasteiger charge is -2.09. The average Bonchev–Trinajstić information content (AvgIpc) is 2.45. The van der Waals surface area contributed by atoms with Crippen molar-refractivity contribution in [3.63, 3.8) is 0 Å². The maximum Gasteiger partial charge on any atom is 0.121 e. The van der Waals surface area contributed by atoms with Gasteiger partial charge in [0.2, 0.25) is 0 Å². The van der Waals surface area contributed by atoms with Crippen molar-refractivity contribution in [3.05, 3.63) is 48.0 Å². The molecule has 0 saturated heterocycles. The van der Waals surface area contributed by atoms with Crippen molar-refractivity contribution >= 4 is 17.4 Å². The zero-order valence-corrected chi connectivity index (χ0v) is 11.9. The van der Waals surface area contributed by atoms with Gasteiger partial charge in [0.05, 0.1) is 7.11 Å². The quantitative estimate of drug-likeness (QED) is 0.669. The molecule has 100 valence electrons. The molecule has 4 heteroatoms. The summed E-state index contributed by atoms with van der Waals surface area (Å²) in [6.45, 7) is 0.472. The fraction of sp³-hybridized carbons (Fsp3) is 0.200. The molecule has 0 amide bonds. The van der Waals surface area contributed by atoms with Gasteiger partial charge in [0.15, 0.2) is 0 Å². The Morgan fingerprint density at radius 3 is 2.42 bits per heavy atom. The van der Waals surface area contributed by atoms with E-state index in [2.05, 4.69) is 6.26 Å². The third-order valence-corrected chi connectivity index (χ3v) is 3.43. The molecule has 0 atom stereocenters. The van der Waals surface area contributed by atoms with E-state index in [-0.39, 0.29) is 0 Å². The molecule has 3 nitrogen and oxygen atoms in total. The van der Waals surface area contributed by atoms with E-state index in [4.69, 9.17) is 15.2 Å². The fourth-order valence-corrected chi connectivity index (χ4v) is 2.13. The van der Waals surface area contributed by atoms with Gasteiger partial charge in [0.1, 0.15) is 18.1 Å². The molecular weight excluding hydrogens is 258 g/mol. The Hall–Kier alpha value is -1.81. The van der Waals surface area contributed by atoms with Crippen LogP contribution in [0.1, 0.15) is 5.56 Å². The van der Waals surface area contributed by atoms with Gasteiger partial charge in [-0.3, -0.25) is 0 Å². The number of ether oxygens (including phenoxy) is 2. The summed E-state index contributed by atoms with van der Waals surface area (Å²) in [5.41, 5.74) is 7.47. The van der Waals surface area contributed by atoms with Crippen molar-refractivity contribution in [2.24, 2.45) is 0 Å². The smallest absolute Gasteiger partial charge is 0.121 e. The first-order valence-corrected chi connectivity index (χ1v) is 7.14. The molecule has 19 heavy (non-hydrogen) atoms. The molecule has 2 N–H and O–H groups in total. The summed E-state index contributed by atoms with van der Waals surface area (Å²) in [4.78, 5) is 1.22. The minimum absolute atomic E-state index is 0.472. The zero-order valence-electron chi connectivity index (χ0n) is 11.1. The number of rotatable bonds is 5. The maximum absolute atomic E-state index is 5.80. The Morgan fingerprint density at radius 1 is 1.05 bits per heavy atom. The number of benzene rings is 2. The lowest BCUT2D eigenvalue weighted by Crippen LogP contribution is -1.98. The second-order valence-electron chi connectivity index (χ2n) is 4.08. The van der Waals surface area contributed by atoms with Crippen molar-refractivity contribution < 1.29 is 9.47 Å². The molecule has 2 aromatic rings. The van der Waals surface area contributed by atoms with Gasteiger partial charge >= 0.3 is 0 Å². The van der Waals surface area contributed by atoms with Crippen molar-refractivity contribution in [1.82, 2.24) is 0 Å². The second-order valence-corrected chi connectivity index (χ2v) is 4.96. The summed E-state index contributed by atoms with van der Waals surface area (Å²) in [7, 11) is 1.63. The fourth-order valence-electron chi connectivity index (χ4n) is 1.73. The van der Waals surface area contributed by atoms with Crippen LogP contribution in [0.25, 0.3) is 0 Å². The normalized spacial score (nSPS) is 10.2. The third-order valence-electron chi connectivity index (χ3n) is 2.69. The molecule has 0 radical (unpaired) electrons. The minimum atomic E-state index is 0.472. The number of hydrogen-bond acceptors (Lipinski definition) is 4. The molecule has 0 bridgehead atoms. The van der Waals surface area contributed by atoms with E-state index in [1.807, 2.05) is 36.4 Å². The molecule has 0 aliphatic carbocycles. The predicted octanol–water partition coefficient (Wildman–Crippen LogP) is 3.58. The summed E-state index contributed by atoms with van der Waals surface area (Å²) in [6, 6.07) is 13.6. The monoisotopic (exact) mass is 275 g/mol. The van der Waals surface area contributed by atoms with Crippen LogP contribution in [0.2, 0.25) is 0 Å². The van der Waals surface area contributed by atoms with Gasteiger partial charge in [-0.15, -0.1) is 11.8 Å². The van der Waals surface area contributed by atoms with Gasteiger partial charge in [-0.25, -0.2) is 0 Å². The summed E-state index contributed by atoms with van der Waals surface area (Å²) in [6.07, 6.45) is 2.05. The van der Waals surface area contributed by atoms with E-state index in [0.717, 1.165) is 17.1 Å². The highest BCUT2D eigenvalue weighted by atomic mass is 32.2. The summed E-state index contributed by atoms with van der Waals surface area (Å²) < 4.78 is 10.9. The van der Waals surface area contributed by atoms with Gasteiger partial charge in [-0.1, -0.05) is 0 Å². The molecule has 0 heterocycles. The highest BCUT2D eigenvalue weighted by molar-refractivity contribution is 7.98. The van der Waals surface area contributed by atoms with Crippen LogP contribution in [0.4, 0.5) is 5.69 Å². The van der Waals surface area contributed by atoms with Crippen LogP contribution in [0.5, 0.6) is 11.5 Å². The minimum Gasteiger partial charge on any atom is -0.497 e. The average molecular weight is 275 g/mol. The number of nitrogen functional groups attached to an aromatic ring is 1. The Kier molecular flexibility index (Phi) is 4.58. The number of nitrogens with two attached hydrogens (primary N) is 1. The second kappa shape index (κ2) is 6.38. The van der Waals surface area contributed by atoms with Crippen molar-refractivity contribution in [2.75, 3.05) is 19.1 Å². The van der Waals surface area contributed by atoms with Crippen LogP contribution in [0.3, 0.4) is 0 Å². The van der Waals surface area contributed by atoms with Crippen LogP contribution >= 0.6 is 11.8 Å².